The molecule has 0 aliphatic heterocycles. The van der Waals surface area contributed by atoms with Crippen molar-refractivity contribution in [2.24, 2.45) is 22.6 Å². The molecule has 2 N–H and O–H groups in total. The Labute approximate surface area is 81.6 Å². The Morgan fingerprint density at radius 1 is 1.31 bits per heavy atom. The lowest BCUT2D eigenvalue weighted by Crippen LogP contribution is -2.26. The van der Waals surface area contributed by atoms with Gasteiger partial charge in [-0.2, -0.15) is 0 Å². The van der Waals surface area contributed by atoms with Gasteiger partial charge in [-0.15, -0.1) is 0 Å². The largest absolute Gasteiger partial charge is 0.387 e. The molecule has 13 heavy (non-hydrogen) atoms. The number of amidine groups is 1. The number of rotatable bonds is 3. The molecule has 0 unspecified atom stereocenters. The van der Waals surface area contributed by atoms with E-state index in [4.69, 9.17) is 5.73 Å². The number of hydrogen-bond acceptors (Lipinski definition) is 1. The maximum atomic E-state index is 5.95. The van der Waals surface area contributed by atoms with Crippen molar-refractivity contribution >= 4 is 5.84 Å². The second kappa shape index (κ2) is 5.25. The van der Waals surface area contributed by atoms with Gasteiger partial charge < -0.3 is 5.73 Å². The van der Waals surface area contributed by atoms with Crippen LogP contribution in [0.2, 0.25) is 0 Å². The Balaban J connectivity index is 2.35. The molecule has 0 amide bonds. The average Bonchev–Trinajstić information content (AvgIpc) is 2.15. The van der Waals surface area contributed by atoms with Crippen LogP contribution in [0.15, 0.2) is 4.99 Å². The predicted octanol–water partition coefficient (Wildman–Crippen LogP) is 2.58. The van der Waals surface area contributed by atoms with Crippen LogP contribution in [-0.4, -0.2) is 12.4 Å². The Hall–Kier alpha value is -0.530. The van der Waals surface area contributed by atoms with Crippen molar-refractivity contribution in [3.05, 3.63) is 0 Å². The summed E-state index contributed by atoms with van der Waals surface area (Å²) in [5, 5.41) is 0. The van der Waals surface area contributed by atoms with E-state index in [0.717, 1.165) is 12.4 Å². The predicted molar refractivity (Wildman–Crippen MR) is 57.9 cm³/mol. The van der Waals surface area contributed by atoms with Gasteiger partial charge in [-0.05, 0) is 18.8 Å². The molecule has 2 heteroatoms. The van der Waals surface area contributed by atoms with Gasteiger partial charge in [0.1, 0.15) is 0 Å². The summed E-state index contributed by atoms with van der Waals surface area (Å²) in [5.74, 6) is 2.13. The highest BCUT2D eigenvalue weighted by Crippen LogP contribution is 2.23. The van der Waals surface area contributed by atoms with Crippen LogP contribution >= 0.6 is 0 Å². The molecule has 0 aromatic rings. The van der Waals surface area contributed by atoms with Crippen LogP contribution in [0.5, 0.6) is 0 Å². The molecule has 0 spiro atoms. The average molecular weight is 182 g/mol. The first-order valence-corrected chi connectivity index (χ1v) is 5.50. The Morgan fingerprint density at radius 2 is 1.92 bits per heavy atom. The van der Waals surface area contributed by atoms with E-state index >= 15 is 0 Å². The van der Waals surface area contributed by atoms with Gasteiger partial charge >= 0.3 is 0 Å². The van der Waals surface area contributed by atoms with Gasteiger partial charge in [0.2, 0.25) is 0 Å². The van der Waals surface area contributed by atoms with Crippen LogP contribution in [0.4, 0.5) is 0 Å². The number of aliphatic imine (C=N–C) groups is 1. The molecule has 1 aliphatic rings. The first-order chi connectivity index (χ1) is 6.20. The van der Waals surface area contributed by atoms with E-state index in [1.54, 1.807) is 0 Å². The summed E-state index contributed by atoms with van der Waals surface area (Å²) in [4.78, 5) is 4.44. The van der Waals surface area contributed by atoms with Gasteiger partial charge in [0.15, 0.2) is 0 Å². The summed E-state index contributed by atoms with van der Waals surface area (Å²) in [7, 11) is 0. The first-order valence-electron chi connectivity index (χ1n) is 5.50. The van der Waals surface area contributed by atoms with Crippen LogP contribution in [0, 0.1) is 11.8 Å². The molecule has 0 saturated heterocycles. The van der Waals surface area contributed by atoms with E-state index in [1.807, 2.05) is 0 Å². The second-order valence-corrected chi connectivity index (χ2v) is 4.49. The zero-order chi connectivity index (χ0) is 9.68. The molecule has 0 bridgehead atoms. The van der Waals surface area contributed by atoms with Gasteiger partial charge in [-0.25, -0.2) is 0 Å². The van der Waals surface area contributed by atoms with Gasteiger partial charge in [0.25, 0.3) is 0 Å². The lowest BCUT2D eigenvalue weighted by atomic mass is 9.88. The molecule has 0 radical (unpaired) electrons. The van der Waals surface area contributed by atoms with Crippen molar-refractivity contribution in [3.63, 3.8) is 0 Å². The highest BCUT2D eigenvalue weighted by atomic mass is 14.9. The standard InChI is InChI=1S/C11H22N2/c1-9(2)8-13-11(12)10-6-4-3-5-7-10/h9-10H,3-8H2,1-2H3,(H2,12,13). The zero-order valence-electron chi connectivity index (χ0n) is 8.92. The quantitative estimate of drug-likeness (QED) is 0.529. The van der Waals surface area contributed by atoms with Gasteiger partial charge in [0, 0.05) is 12.5 Å². The lowest BCUT2D eigenvalue weighted by Gasteiger charge is -2.21. The molecule has 0 aromatic carbocycles. The minimum absolute atomic E-state index is 0.590. The van der Waals surface area contributed by atoms with E-state index in [0.29, 0.717) is 11.8 Å². The summed E-state index contributed by atoms with van der Waals surface area (Å²) in [6.45, 7) is 5.25. The van der Waals surface area contributed by atoms with E-state index in [9.17, 15) is 0 Å². The van der Waals surface area contributed by atoms with E-state index in [2.05, 4.69) is 18.8 Å². The van der Waals surface area contributed by atoms with Crippen molar-refractivity contribution in [3.8, 4) is 0 Å². The molecule has 0 atom stereocenters. The third-order valence-corrected chi connectivity index (χ3v) is 2.66. The Bertz CT molecular complexity index is 167. The second-order valence-electron chi connectivity index (χ2n) is 4.49. The minimum atomic E-state index is 0.590. The smallest absolute Gasteiger partial charge is 0.0968 e. The lowest BCUT2D eigenvalue weighted by molar-refractivity contribution is 0.436. The third-order valence-electron chi connectivity index (χ3n) is 2.66. The summed E-state index contributed by atoms with van der Waals surface area (Å²) in [6.07, 6.45) is 6.57. The molecule has 0 heterocycles. The van der Waals surface area contributed by atoms with Crippen LogP contribution in [0.1, 0.15) is 46.0 Å². The van der Waals surface area contributed by atoms with Crippen molar-refractivity contribution in [1.29, 1.82) is 0 Å². The molecule has 76 valence electrons. The SMILES string of the molecule is CC(C)CN=C(N)C1CCCCC1. The zero-order valence-corrected chi connectivity index (χ0v) is 8.92. The van der Waals surface area contributed by atoms with Crippen molar-refractivity contribution in [1.82, 2.24) is 0 Å². The summed E-state index contributed by atoms with van der Waals surface area (Å²) in [5.41, 5.74) is 5.95. The van der Waals surface area contributed by atoms with Crippen molar-refractivity contribution < 1.29 is 0 Å². The molecular formula is C11H22N2. The van der Waals surface area contributed by atoms with E-state index in [-0.39, 0.29) is 0 Å². The number of nitrogens with two attached hydrogens (primary N) is 1. The molecule has 1 fully saturated rings. The van der Waals surface area contributed by atoms with Crippen molar-refractivity contribution in [2.45, 2.75) is 46.0 Å². The monoisotopic (exact) mass is 182 g/mol. The Kier molecular flexibility index (Phi) is 4.26. The first kappa shape index (κ1) is 10.6. The normalized spacial score (nSPS) is 21.0. The summed E-state index contributed by atoms with van der Waals surface area (Å²) in [6, 6.07) is 0. The van der Waals surface area contributed by atoms with Crippen LogP contribution in [-0.2, 0) is 0 Å². The summed E-state index contributed by atoms with van der Waals surface area (Å²) >= 11 is 0. The topological polar surface area (TPSA) is 38.4 Å². The van der Waals surface area contributed by atoms with Gasteiger partial charge in [-0.1, -0.05) is 33.1 Å². The fourth-order valence-corrected chi connectivity index (χ4v) is 1.82. The third kappa shape index (κ3) is 3.79. The molecule has 0 aromatic heterocycles. The fraction of sp³-hybridized carbons (Fsp3) is 0.909. The number of hydrogen-bond donors (Lipinski definition) is 1. The maximum absolute atomic E-state index is 5.95. The highest BCUT2D eigenvalue weighted by Gasteiger charge is 2.16. The van der Waals surface area contributed by atoms with E-state index < -0.39 is 0 Å². The highest BCUT2D eigenvalue weighted by molar-refractivity contribution is 5.82. The van der Waals surface area contributed by atoms with Crippen LogP contribution in [0.3, 0.4) is 0 Å². The molecule has 2 nitrogen and oxygen atoms in total. The molecular weight excluding hydrogens is 160 g/mol. The Morgan fingerprint density at radius 3 is 2.46 bits per heavy atom. The van der Waals surface area contributed by atoms with Crippen molar-refractivity contribution in [2.75, 3.05) is 6.54 Å². The van der Waals surface area contributed by atoms with Gasteiger partial charge in [-0.3, -0.25) is 4.99 Å². The van der Waals surface area contributed by atoms with E-state index in [1.165, 1.54) is 32.1 Å². The molecule has 1 saturated carbocycles. The minimum Gasteiger partial charge on any atom is -0.387 e. The maximum Gasteiger partial charge on any atom is 0.0968 e. The summed E-state index contributed by atoms with van der Waals surface area (Å²) < 4.78 is 0. The molecule has 1 rings (SSSR count). The fourth-order valence-electron chi connectivity index (χ4n) is 1.82. The van der Waals surface area contributed by atoms with Gasteiger partial charge in [0.05, 0.1) is 5.84 Å². The van der Waals surface area contributed by atoms with Crippen LogP contribution in [0.25, 0.3) is 0 Å². The van der Waals surface area contributed by atoms with Crippen LogP contribution < -0.4 is 5.73 Å². The number of nitrogens with zero attached hydrogens (tertiary/aromatic N) is 1. The molecule has 1 aliphatic carbocycles.